The molecule has 0 aliphatic carbocycles. The first-order chi connectivity index (χ1) is 8.58. The number of benzene rings is 1. The molecule has 2 rings (SSSR count). The largest absolute Gasteiger partial charge is 0.481 e. The summed E-state index contributed by atoms with van der Waals surface area (Å²) in [6.45, 7) is 6.72. The third-order valence-corrected chi connectivity index (χ3v) is 3.75. The summed E-state index contributed by atoms with van der Waals surface area (Å²) in [5.74, 6) is -1.11. The van der Waals surface area contributed by atoms with Crippen molar-refractivity contribution in [3.8, 4) is 0 Å². The van der Waals surface area contributed by atoms with Crippen LogP contribution in [0.1, 0.15) is 35.4 Å². The Balaban J connectivity index is 2.23. The standard InChI is InChI=1S/C15H21NO2/c1-11-5-6-12(2)13(9-11)14(15(17)18)10-16-7-3-4-8-16/h5-6,9,14H,3-4,7-8,10H2,1-2H3,(H,17,18). The van der Waals surface area contributed by atoms with E-state index in [-0.39, 0.29) is 0 Å². The fourth-order valence-electron chi connectivity index (χ4n) is 2.67. The average Bonchev–Trinajstić information content (AvgIpc) is 2.82. The minimum Gasteiger partial charge on any atom is -0.481 e. The number of rotatable bonds is 4. The Hall–Kier alpha value is -1.35. The zero-order valence-electron chi connectivity index (χ0n) is 11.1. The van der Waals surface area contributed by atoms with Crippen LogP contribution in [0.4, 0.5) is 0 Å². The van der Waals surface area contributed by atoms with E-state index in [1.165, 1.54) is 12.8 Å². The van der Waals surface area contributed by atoms with E-state index in [4.69, 9.17) is 0 Å². The lowest BCUT2D eigenvalue weighted by molar-refractivity contribution is -0.139. The van der Waals surface area contributed by atoms with E-state index in [0.29, 0.717) is 6.54 Å². The van der Waals surface area contributed by atoms with Gasteiger partial charge in [0.05, 0.1) is 5.92 Å². The van der Waals surface area contributed by atoms with Crippen LogP contribution in [0, 0.1) is 13.8 Å². The Morgan fingerprint density at radius 2 is 2.00 bits per heavy atom. The number of nitrogens with zero attached hydrogens (tertiary/aromatic N) is 1. The molecule has 18 heavy (non-hydrogen) atoms. The molecule has 1 aromatic carbocycles. The number of carbonyl (C=O) groups is 1. The lowest BCUT2D eigenvalue weighted by atomic mass is 9.93. The van der Waals surface area contributed by atoms with Crippen LogP contribution in [-0.4, -0.2) is 35.6 Å². The lowest BCUT2D eigenvalue weighted by Gasteiger charge is -2.22. The zero-order chi connectivity index (χ0) is 13.1. The molecule has 1 atom stereocenters. The van der Waals surface area contributed by atoms with Crippen LogP contribution in [0.2, 0.25) is 0 Å². The zero-order valence-corrected chi connectivity index (χ0v) is 11.1. The molecule has 3 nitrogen and oxygen atoms in total. The van der Waals surface area contributed by atoms with Crippen molar-refractivity contribution in [2.75, 3.05) is 19.6 Å². The van der Waals surface area contributed by atoms with Crippen molar-refractivity contribution in [2.24, 2.45) is 0 Å². The molecule has 0 aromatic heterocycles. The first-order valence-electron chi connectivity index (χ1n) is 6.60. The SMILES string of the molecule is Cc1ccc(C)c(C(CN2CCCC2)C(=O)O)c1. The second kappa shape index (κ2) is 5.53. The van der Waals surface area contributed by atoms with E-state index >= 15 is 0 Å². The summed E-state index contributed by atoms with van der Waals surface area (Å²) in [4.78, 5) is 13.8. The molecule has 1 fully saturated rings. The number of aryl methyl sites for hydroxylation is 2. The maximum atomic E-state index is 11.5. The van der Waals surface area contributed by atoms with Crippen LogP contribution in [0.3, 0.4) is 0 Å². The monoisotopic (exact) mass is 247 g/mol. The Morgan fingerprint density at radius 1 is 1.33 bits per heavy atom. The first-order valence-corrected chi connectivity index (χ1v) is 6.60. The Morgan fingerprint density at radius 3 is 2.61 bits per heavy atom. The van der Waals surface area contributed by atoms with Gasteiger partial charge in [-0.2, -0.15) is 0 Å². The summed E-state index contributed by atoms with van der Waals surface area (Å²) >= 11 is 0. The summed E-state index contributed by atoms with van der Waals surface area (Å²) in [6, 6.07) is 6.07. The Labute approximate surface area is 108 Å². The van der Waals surface area contributed by atoms with Gasteiger partial charge in [-0.1, -0.05) is 23.8 Å². The van der Waals surface area contributed by atoms with Gasteiger partial charge in [0.2, 0.25) is 0 Å². The molecule has 1 aliphatic heterocycles. The van der Waals surface area contributed by atoms with Gasteiger partial charge in [-0.3, -0.25) is 4.79 Å². The van der Waals surface area contributed by atoms with E-state index in [2.05, 4.69) is 4.90 Å². The van der Waals surface area contributed by atoms with Crippen LogP contribution in [0.5, 0.6) is 0 Å². The molecule has 1 heterocycles. The molecule has 1 aliphatic rings. The molecule has 0 saturated carbocycles. The number of carboxylic acids is 1. The summed E-state index contributed by atoms with van der Waals surface area (Å²) in [5.41, 5.74) is 3.17. The normalized spacial score (nSPS) is 17.9. The maximum Gasteiger partial charge on any atom is 0.312 e. The molecule has 1 N–H and O–H groups in total. The third kappa shape index (κ3) is 2.91. The van der Waals surface area contributed by atoms with Crippen molar-refractivity contribution in [1.82, 2.24) is 4.90 Å². The van der Waals surface area contributed by atoms with Gasteiger partial charge < -0.3 is 10.0 Å². The fourth-order valence-corrected chi connectivity index (χ4v) is 2.67. The molecule has 0 spiro atoms. The second-order valence-electron chi connectivity index (χ2n) is 5.26. The highest BCUT2D eigenvalue weighted by atomic mass is 16.4. The highest BCUT2D eigenvalue weighted by Crippen LogP contribution is 2.24. The van der Waals surface area contributed by atoms with Crippen molar-refractivity contribution < 1.29 is 9.90 Å². The van der Waals surface area contributed by atoms with Crippen molar-refractivity contribution in [1.29, 1.82) is 0 Å². The van der Waals surface area contributed by atoms with E-state index in [1.54, 1.807) is 0 Å². The van der Waals surface area contributed by atoms with Crippen LogP contribution in [0.25, 0.3) is 0 Å². The third-order valence-electron chi connectivity index (χ3n) is 3.75. The quantitative estimate of drug-likeness (QED) is 0.889. The topological polar surface area (TPSA) is 40.5 Å². The van der Waals surface area contributed by atoms with Gasteiger partial charge in [0.15, 0.2) is 0 Å². The van der Waals surface area contributed by atoms with Crippen molar-refractivity contribution in [3.63, 3.8) is 0 Å². The molecule has 1 aromatic rings. The first kappa shape index (κ1) is 13.1. The number of hydrogen-bond acceptors (Lipinski definition) is 2. The van der Waals surface area contributed by atoms with Gasteiger partial charge in [0.1, 0.15) is 0 Å². The molecular weight excluding hydrogens is 226 g/mol. The highest BCUT2D eigenvalue weighted by molar-refractivity contribution is 5.77. The molecule has 98 valence electrons. The molecule has 0 amide bonds. The summed E-state index contributed by atoms with van der Waals surface area (Å²) in [5, 5.41) is 9.48. The molecule has 0 bridgehead atoms. The summed E-state index contributed by atoms with van der Waals surface area (Å²) < 4.78 is 0. The summed E-state index contributed by atoms with van der Waals surface area (Å²) in [7, 11) is 0. The van der Waals surface area contributed by atoms with Gasteiger partial charge in [-0.15, -0.1) is 0 Å². The predicted octanol–water partition coefficient (Wildman–Crippen LogP) is 2.57. The van der Waals surface area contributed by atoms with E-state index in [0.717, 1.165) is 29.8 Å². The molecular formula is C15H21NO2. The molecule has 3 heteroatoms. The Bertz CT molecular complexity index is 436. The number of hydrogen-bond donors (Lipinski definition) is 1. The van der Waals surface area contributed by atoms with E-state index < -0.39 is 11.9 Å². The Kier molecular flexibility index (Phi) is 4.02. The van der Waals surface area contributed by atoms with Gasteiger partial charge >= 0.3 is 5.97 Å². The predicted molar refractivity (Wildman–Crippen MR) is 72.0 cm³/mol. The maximum absolute atomic E-state index is 11.5. The van der Waals surface area contributed by atoms with Gasteiger partial charge in [0.25, 0.3) is 0 Å². The van der Waals surface area contributed by atoms with E-state index in [1.807, 2.05) is 32.0 Å². The highest BCUT2D eigenvalue weighted by Gasteiger charge is 2.25. The van der Waals surface area contributed by atoms with Gasteiger partial charge in [-0.25, -0.2) is 0 Å². The van der Waals surface area contributed by atoms with E-state index in [9.17, 15) is 9.90 Å². The second-order valence-corrected chi connectivity index (χ2v) is 5.26. The number of carboxylic acid groups (broad SMARTS) is 1. The minimum absolute atomic E-state index is 0.400. The number of aliphatic carboxylic acids is 1. The number of likely N-dealkylation sites (tertiary alicyclic amines) is 1. The van der Waals surface area contributed by atoms with Crippen LogP contribution in [0.15, 0.2) is 18.2 Å². The molecule has 1 unspecified atom stereocenters. The minimum atomic E-state index is -0.712. The fraction of sp³-hybridized carbons (Fsp3) is 0.533. The smallest absolute Gasteiger partial charge is 0.312 e. The van der Waals surface area contributed by atoms with Crippen molar-refractivity contribution in [2.45, 2.75) is 32.6 Å². The van der Waals surface area contributed by atoms with Crippen molar-refractivity contribution >= 4 is 5.97 Å². The van der Waals surface area contributed by atoms with Gasteiger partial charge in [-0.05, 0) is 50.9 Å². The van der Waals surface area contributed by atoms with Crippen LogP contribution >= 0.6 is 0 Å². The molecule has 1 saturated heterocycles. The summed E-state index contributed by atoms with van der Waals surface area (Å²) in [6.07, 6.45) is 2.39. The van der Waals surface area contributed by atoms with Crippen LogP contribution in [-0.2, 0) is 4.79 Å². The average molecular weight is 247 g/mol. The van der Waals surface area contributed by atoms with Crippen LogP contribution < -0.4 is 0 Å². The lowest BCUT2D eigenvalue weighted by Crippen LogP contribution is -2.30. The van der Waals surface area contributed by atoms with Crippen molar-refractivity contribution in [3.05, 3.63) is 34.9 Å². The molecule has 0 radical (unpaired) electrons. The van der Waals surface area contributed by atoms with Gasteiger partial charge in [0, 0.05) is 6.54 Å².